The lowest BCUT2D eigenvalue weighted by molar-refractivity contribution is 0.0998. The molecular formula is C16H14N2OS. The fourth-order valence-corrected chi connectivity index (χ4v) is 3.05. The molecule has 0 unspecified atom stereocenters. The number of fused-ring (bicyclic) bond motifs is 1. The molecule has 3 rings (SSSR count). The van der Waals surface area contributed by atoms with Crippen LogP contribution in [0.1, 0.15) is 15.9 Å². The van der Waals surface area contributed by atoms with Gasteiger partial charge in [-0.2, -0.15) is 4.99 Å². The van der Waals surface area contributed by atoms with Crippen LogP contribution in [0.15, 0.2) is 53.5 Å². The van der Waals surface area contributed by atoms with Gasteiger partial charge in [-0.3, -0.25) is 4.79 Å². The Morgan fingerprint density at radius 1 is 1.10 bits per heavy atom. The minimum Gasteiger partial charge on any atom is -0.319 e. The van der Waals surface area contributed by atoms with Crippen molar-refractivity contribution >= 4 is 27.5 Å². The molecule has 20 heavy (non-hydrogen) atoms. The van der Waals surface area contributed by atoms with Gasteiger partial charge in [0.05, 0.1) is 10.2 Å². The molecule has 0 saturated carbocycles. The normalized spacial score (nSPS) is 12.0. The molecule has 0 saturated heterocycles. The van der Waals surface area contributed by atoms with E-state index in [-0.39, 0.29) is 5.91 Å². The Labute approximate surface area is 120 Å². The second-order valence-electron chi connectivity index (χ2n) is 4.69. The molecule has 0 bridgehead atoms. The maximum Gasteiger partial charge on any atom is 0.279 e. The van der Waals surface area contributed by atoms with Crippen molar-refractivity contribution in [2.45, 2.75) is 6.92 Å². The third-order valence-corrected chi connectivity index (χ3v) is 4.32. The highest BCUT2D eigenvalue weighted by atomic mass is 32.1. The Kier molecular flexibility index (Phi) is 3.24. The molecule has 100 valence electrons. The molecule has 1 aromatic heterocycles. The predicted octanol–water partition coefficient (Wildman–Crippen LogP) is 3.29. The van der Waals surface area contributed by atoms with Crippen molar-refractivity contribution in [3.63, 3.8) is 0 Å². The van der Waals surface area contributed by atoms with Gasteiger partial charge in [0.2, 0.25) is 0 Å². The highest BCUT2D eigenvalue weighted by Gasteiger charge is 2.06. The highest BCUT2D eigenvalue weighted by Crippen LogP contribution is 2.15. The number of thiazole rings is 1. The smallest absolute Gasteiger partial charge is 0.279 e. The number of rotatable bonds is 1. The number of nitrogens with zero attached hydrogens (tertiary/aromatic N) is 2. The van der Waals surface area contributed by atoms with Crippen molar-refractivity contribution < 1.29 is 4.79 Å². The number of aryl methyl sites for hydroxylation is 2. The number of para-hydroxylation sites is 1. The summed E-state index contributed by atoms with van der Waals surface area (Å²) >= 11 is 1.53. The zero-order chi connectivity index (χ0) is 14.1. The number of amides is 1. The summed E-state index contributed by atoms with van der Waals surface area (Å²) in [6, 6.07) is 15.5. The van der Waals surface area contributed by atoms with Gasteiger partial charge in [-0.25, -0.2) is 0 Å². The number of hydrogen-bond donors (Lipinski definition) is 0. The molecule has 0 fully saturated rings. The molecule has 0 aliphatic heterocycles. The fraction of sp³-hybridized carbons (Fsp3) is 0.125. The van der Waals surface area contributed by atoms with Crippen LogP contribution in [0.5, 0.6) is 0 Å². The quantitative estimate of drug-likeness (QED) is 0.674. The van der Waals surface area contributed by atoms with Crippen molar-refractivity contribution in [3.8, 4) is 0 Å². The highest BCUT2D eigenvalue weighted by molar-refractivity contribution is 7.16. The molecule has 0 N–H and O–H groups in total. The topological polar surface area (TPSA) is 34.4 Å². The zero-order valence-corrected chi connectivity index (χ0v) is 12.1. The van der Waals surface area contributed by atoms with Gasteiger partial charge in [-0.1, -0.05) is 41.2 Å². The maximum atomic E-state index is 12.2. The van der Waals surface area contributed by atoms with Crippen LogP contribution in [-0.2, 0) is 7.05 Å². The van der Waals surface area contributed by atoms with Crippen LogP contribution in [0, 0.1) is 6.92 Å². The maximum absolute atomic E-state index is 12.2. The van der Waals surface area contributed by atoms with Crippen molar-refractivity contribution in [1.82, 2.24) is 4.57 Å². The Morgan fingerprint density at radius 3 is 2.50 bits per heavy atom. The number of aromatic nitrogens is 1. The van der Waals surface area contributed by atoms with Crippen LogP contribution in [0.2, 0.25) is 0 Å². The SMILES string of the molecule is Cc1ccc(C(=O)N=c2sc3ccccc3n2C)cc1. The second-order valence-corrected chi connectivity index (χ2v) is 5.70. The summed E-state index contributed by atoms with van der Waals surface area (Å²) in [6.07, 6.45) is 0. The Morgan fingerprint density at radius 2 is 1.80 bits per heavy atom. The van der Waals surface area contributed by atoms with Gasteiger partial charge >= 0.3 is 0 Å². The molecule has 0 aliphatic carbocycles. The van der Waals surface area contributed by atoms with Crippen LogP contribution < -0.4 is 4.80 Å². The average molecular weight is 282 g/mol. The third-order valence-electron chi connectivity index (χ3n) is 3.21. The monoisotopic (exact) mass is 282 g/mol. The van der Waals surface area contributed by atoms with E-state index >= 15 is 0 Å². The summed E-state index contributed by atoms with van der Waals surface area (Å²) in [6.45, 7) is 2.00. The van der Waals surface area contributed by atoms with Crippen molar-refractivity contribution in [3.05, 3.63) is 64.5 Å². The summed E-state index contributed by atoms with van der Waals surface area (Å²) in [4.78, 5) is 17.1. The van der Waals surface area contributed by atoms with Crippen LogP contribution in [0.25, 0.3) is 10.2 Å². The number of hydrogen-bond acceptors (Lipinski definition) is 2. The first-order valence-corrected chi connectivity index (χ1v) is 7.17. The lowest BCUT2D eigenvalue weighted by atomic mass is 10.1. The number of carbonyl (C=O) groups is 1. The van der Waals surface area contributed by atoms with Crippen LogP contribution in [0.4, 0.5) is 0 Å². The molecule has 0 aliphatic rings. The summed E-state index contributed by atoms with van der Waals surface area (Å²) < 4.78 is 3.08. The Balaban J connectivity index is 2.08. The summed E-state index contributed by atoms with van der Waals surface area (Å²) in [7, 11) is 1.93. The molecule has 0 radical (unpaired) electrons. The fourth-order valence-electron chi connectivity index (χ4n) is 2.04. The lowest BCUT2D eigenvalue weighted by Gasteiger charge is -1.96. The number of benzene rings is 2. The van der Waals surface area contributed by atoms with E-state index in [1.807, 2.05) is 67.1 Å². The van der Waals surface area contributed by atoms with E-state index in [4.69, 9.17) is 0 Å². The zero-order valence-electron chi connectivity index (χ0n) is 11.3. The molecule has 0 atom stereocenters. The Bertz CT molecular complexity index is 841. The van der Waals surface area contributed by atoms with Crippen LogP contribution in [0.3, 0.4) is 0 Å². The molecule has 4 heteroatoms. The third kappa shape index (κ3) is 2.30. The van der Waals surface area contributed by atoms with Gasteiger partial charge in [-0.15, -0.1) is 0 Å². The predicted molar refractivity (Wildman–Crippen MR) is 81.9 cm³/mol. The van der Waals surface area contributed by atoms with Crippen molar-refractivity contribution in [1.29, 1.82) is 0 Å². The molecule has 3 aromatic rings. The van der Waals surface area contributed by atoms with E-state index in [0.29, 0.717) is 5.56 Å². The average Bonchev–Trinajstić information content (AvgIpc) is 2.77. The van der Waals surface area contributed by atoms with Gasteiger partial charge in [0.15, 0.2) is 4.80 Å². The second kappa shape index (κ2) is 5.06. The molecule has 3 nitrogen and oxygen atoms in total. The summed E-state index contributed by atoms with van der Waals surface area (Å²) in [5.74, 6) is -0.202. The first kappa shape index (κ1) is 12.8. The molecule has 1 amide bonds. The van der Waals surface area contributed by atoms with Crippen molar-refractivity contribution in [2.24, 2.45) is 12.0 Å². The molecule has 2 aromatic carbocycles. The minimum absolute atomic E-state index is 0.202. The van der Waals surface area contributed by atoms with E-state index in [1.54, 1.807) is 0 Å². The van der Waals surface area contributed by atoms with Crippen LogP contribution in [-0.4, -0.2) is 10.5 Å². The van der Waals surface area contributed by atoms with E-state index in [0.717, 1.165) is 20.6 Å². The lowest BCUT2D eigenvalue weighted by Crippen LogP contribution is -2.13. The van der Waals surface area contributed by atoms with Gasteiger partial charge < -0.3 is 4.57 Å². The molecule has 0 spiro atoms. The van der Waals surface area contributed by atoms with Gasteiger partial charge in [-0.05, 0) is 31.2 Å². The standard InChI is InChI=1S/C16H14N2OS/c1-11-7-9-12(10-8-11)15(19)17-16-18(2)13-5-3-4-6-14(13)20-16/h3-10H,1-2H3. The van der Waals surface area contributed by atoms with E-state index in [9.17, 15) is 4.79 Å². The van der Waals surface area contributed by atoms with Crippen molar-refractivity contribution in [2.75, 3.05) is 0 Å². The summed E-state index contributed by atoms with van der Waals surface area (Å²) in [5, 5.41) is 0. The van der Waals surface area contributed by atoms with Gasteiger partial charge in [0.1, 0.15) is 0 Å². The Hall–Kier alpha value is -2.20. The molecular weight excluding hydrogens is 268 g/mol. The number of carbonyl (C=O) groups excluding carboxylic acids is 1. The van der Waals surface area contributed by atoms with E-state index < -0.39 is 0 Å². The first-order chi connectivity index (χ1) is 9.65. The van der Waals surface area contributed by atoms with E-state index in [1.165, 1.54) is 11.3 Å². The van der Waals surface area contributed by atoms with E-state index in [2.05, 4.69) is 4.99 Å². The van der Waals surface area contributed by atoms with Gasteiger partial charge in [0.25, 0.3) is 5.91 Å². The minimum atomic E-state index is -0.202. The first-order valence-electron chi connectivity index (χ1n) is 6.35. The van der Waals surface area contributed by atoms with Crippen LogP contribution >= 0.6 is 11.3 Å². The summed E-state index contributed by atoms with van der Waals surface area (Å²) in [5.41, 5.74) is 2.84. The van der Waals surface area contributed by atoms with Gasteiger partial charge in [0, 0.05) is 12.6 Å². The largest absolute Gasteiger partial charge is 0.319 e. The molecule has 1 heterocycles.